The van der Waals surface area contributed by atoms with E-state index in [0.717, 1.165) is 52.0 Å². The third kappa shape index (κ3) is 3.36. The van der Waals surface area contributed by atoms with Gasteiger partial charge in [-0.2, -0.15) is 9.97 Å². The van der Waals surface area contributed by atoms with E-state index >= 15 is 0 Å². The molecule has 0 amide bonds. The molecule has 3 aromatic heterocycles. The molecule has 8 heteroatoms. The summed E-state index contributed by atoms with van der Waals surface area (Å²) >= 11 is 3.35. The zero-order valence-corrected chi connectivity index (χ0v) is 15.8. The fourth-order valence-corrected chi connectivity index (χ4v) is 3.39. The van der Waals surface area contributed by atoms with Crippen molar-refractivity contribution in [2.24, 2.45) is 0 Å². The average Bonchev–Trinajstić information content (AvgIpc) is 3.18. The van der Waals surface area contributed by atoms with Crippen molar-refractivity contribution >= 4 is 38.7 Å². The van der Waals surface area contributed by atoms with E-state index in [-0.39, 0.29) is 0 Å². The van der Waals surface area contributed by atoms with Gasteiger partial charge in [-0.25, -0.2) is 0 Å². The summed E-state index contributed by atoms with van der Waals surface area (Å²) < 4.78 is 11.8. The Morgan fingerprint density at radius 1 is 1.28 bits per heavy atom. The third-order valence-electron chi connectivity index (χ3n) is 4.27. The number of nitrogens with one attached hydrogen (secondary N) is 1. The highest BCUT2D eigenvalue weighted by Gasteiger charge is 2.20. The van der Waals surface area contributed by atoms with Gasteiger partial charge in [0.1, 0.15) is 17.2 Å². The van der Waals surface area contributed by atoms with Crippen LogP contribution < -0.4 is 9.80 Å². The van der Waals surface area contributed by atoms with Crippen molar-refractivity contribution in [1.29, 1.82) is 0 Å². The molecule has 3 aromatic rings. The molecule has 0 saturated carbocycles. The molecule has 4 rings (SSSR count). The van der Waals surface area contributed by atoms with Gasteiger partial charge < -0.3 is 23.9 Å². The van der Waals surface area contributed by atoms with Crippen LogP contribution in [0.15, 0.2) is 27.3 Å². The topological polar surface area (TPSA) is 70.4 Å². The van der Waals surface area contributed by atoms with Crippen LogP contribution in [0, 0.1) is 6.92 Å². The number of rotatable bonds is 4. The van der Waals surface area contributed by atoms with Gasteiger partial charge in [-0.15, -0.1) is 0 Å². The highest BCUT2D eigenvalue weighted by molar-refractivity contribution is 9.10. The fraction of sp³-hybridized carbons (Fsp3) is 0.412. The molecule has 4 heterocycles. The van der Waals surface area contributed by atoms with Gasteiger partial charge in [-0.05, 0) is 41.1 Å². The lowest BCUT2D eigenvalue weighted by atomic mass is 10.3. The molecule has 0 radical (unpaired) electrons. The Hall–Kier alpha value is -2.06. The van der Waals surface area contributed by atoms with Crippen LogP contribution in [0.1, 0.15) is 11.5 Å². The summed E-state index contributed by atoms with van der Waals surface area (Å²) in [6, 6.07) is 5.95. The third-order valence-corrected chi connectivity index (χ3v) is 4.69. The number of morpholine rings is 1. The second kappa shape index (κ2) is 6.68. The lowest BCUT2D eigenvalue weighted by Gasteiger charge is -2.28. The minimum absolute atomic E-state index is 0.629. The number of hydrogen-bond donors (Lipinski definition) is 1. The van der Waals surface area contributed by atoms with E-state index < -0.39 is 0 Å². The van der Waals surface area contributed by atoms with Crippen molar-refractivity contribution in [2.75, 3.05) is 43.2 Å². The lowest BCUT2D eigenvalue weighted by molar-refractivity contribution is 0.122. The summed E-state index contributed by atoms with van der Waals surface area (Å²) in [5.41, 5.74) is 1.93. The molecule has 0 atom stereocenters. The Morgan fingerprint density at radius 2 is 2.08 bits per heavy atom. The van der Waals surface area contributed by atoms with Gasteiger partial charge >= 0.3 is 0 Å². The minimum atomic E-state index is 0.629. The van der Waals surface area contributed by atoms with Crippen molar-refractivity contribution in [2.45, 2.75) is 13.5 Å². The van der Waals surface area contributed by atoms with Gasteiger partial charge in [0.25, 0.3) is 0 Å². The van der Waals surface area contributed by atoms with E-state index in [0.29, 0.717) is 19.8 Å². The number of fused-ring (bicyclic) bond motifs is 1. The van der Waals surface area contributed by atoms with Gasteiger partial charge in [0.15, 0.2) is 4.67 Å². The number of H-pyrrole nitrogens is 1. The number of anilines is 2. The Bertz CT molecular complexity index is 884. The number of aryl methyl sites for hydroxylation is 1. The van der Waals surface area contributed by atoms with Crippen molar-refractivity contribution in [3.8, 4) is 0 Å². The molecule has 0 aliphatic carbocycles. The number of aromatic amines is 1. The SMILES string of the molecule is Cc1cc2c(N(C)Cc3ccc(Br)o3)nc(N3CCOCC3)nc2[nH]1. The molecule has 1 aliphatic heterocycles. The molecular formula is C17H20BrN5O2. The molecule has 0 spiro atoms. The zero-order chi connectivity index (χ0) is 17.4. The Balaban J connectivity index is 1.72. The minimum Gasteiger partial charge on any atom is -0.452 e. The quantitative estimate of drug-likeness (QED) is 0.718. The monoisotopic (exact) mass is 405 g/mol. The summed E-state index contributed by atoms with van der Waals surface area (Å²) in [5, 5.41) is 1.02. The Labute approximate surface area is 154 Å². The summed E-state index contributed by atoms with van der Waals surface area (Å²) in [5.74, 6) is 2.50. The van der Waals surface area contributed by atoms with Gasteiger partial charge in [0.05, 0.1) is 25.1 Å². The van der Waals surface area contributed by atoms with Crippen LogP contribution in [0.5, 0.6) is 0 Å². The number of ether oxygens (including phenoxy) is 1. The average molecular weight is 406 g/mol. The van der Waals surface area contributed by atoms with Crippen molar-refractivity contribution in [1.82, 2.24) is 15.0 Å². The van der Waals surface area contributed by atoms with Crippen molar-refractivity contribution in [3.05, 3.63) is 34.3 Å². The molecule has 0 bridgehead atoms. The van der Waals surface area contributed by atoms with E-state index in [1.54, 1.807) is 0 Å². The van der Waals surface area contributed by atoms with Gasteiger partial charge in [0, 0.05) is 25.8 Å². The molecule has 1 aliphatic rings. The molecule has 7 nitrogen and oxygen atoms in total. The first-order valence-corrected chi connectivity index (χ1v) is 9.05. The molecule has 1 fully saturated rings. The first-order chi connectivity index (χ1) is 12.1. The van der Waals surface area contributed by atoms with Crippen LogP contribution in [-0.2, 0) is 11.3 Å². The summed E-state index contributed by atoms with van der Waals surface area (Å²) in [7, 11) is 2.02. The normalized spacial score (nSPS) is 15.1. The van der Waals surface area contributed by atoms with Gasteiger partial charge in [-0.1, -0.05) is 0 Å². The van der Waals surface area contributed by atoms with E-state index in [1.165, 1.54) is 0 Å². The highest BCUT2D eigenvalue weighted by atomic mass is 79.9. The molecule has 0 aromatic carbocycles. The maximum Gasteiger partial charge on any atom is 0.229 e. The molecule has 132 valence electrons. The second-order valence-electron chi connectivity index (χ2n) is 6.22. The van der Waals surface area contributed by atoms with Crippen LogP contribution in [0.25, 0.3) is 11.0 Å². The molecule has 1 N–H and O–H groups in total. The first kappa shape index (κ1) is 16.4. The smallest absolute Gasteiger partial charge is 0.229 e. The largest absolute Gasteiger partial charge is 0.452 e. The van der Waals surface area contributed by atoms with Crippen LogP contribution >= 0.6 is 15.9 Å². The van der Waals surface area contributed by atoms with Crippen LogP contribution in [0.2, 0.25) is 0 Å². The number of aromatic nitrogens is 3. The number of halogens is 1. The number of hydrogen-bond acceptors (Lipinski definition) is 6. The van der Waals surface area contributed by atoms with Crippen LogP contribution in [-0.4, -0.2) is 48.3 Å². The first-order valence-electron chi connectivity index (χ1n) is 8.25. The van der Waals surface area contributed by atoms with E-state index in [2.05, 4.69) is 36.8 Å². The summed E-state index contributed by atoms with van der Waals surface area (Å²) in [6.45, 7) is 5.68. The fourth-order valence-electron chi connectivity index (χ4n) is 3.05. The predicted octanol–water partition coefficient (Wildman–Crippen LogP) is 3.09. The molecule has 0 unspecified atom stereocenters. The second-order valence-corrected chi connectivity index (χ2v) is 7.00. The van der Waals surface area contributed by atoms with Gasteiger partial charge in [0.2, 0.25) is 5.95 Å². The Morgan fingerprint density at radius 3 is 2.80 bits per heavy atom. The van der Waals surface area contributed by atoms with Crippen molar-refractivity contribution in [3.63, 3.8) is 0 Å². The number of nitrogens with zero attached hydrogens (tertiary/aromatic N) is 4. The lowest BCUT2D eigenvalue weighted by Crippen LogP contribution is -2.37. The van der Waals surface area contributed by atoms with E-state index in [9.17, 15) is 0 Å². The maximum absolute atomic E-state index is 5.64. The maximum atomic E-state index is 5.64. The van der Waals surface area contributed by atoms with Gasteiger partial charge in [-0.3, -0.25) is 0 Å². The number of furan rings is 1. The summed E-state index contributed by atoms with van der Waals surface area (Å²) in [6.07, 6.45) is 0. The van der Waals surface area contributed by atoms with Crippen molar-refractivity contribution < 1.29 is 9.15 Å². The summed E-state index contributed by atoms with van der Waals surface area (Å²) in [4.78, 5) is 17.2. The molecule has 1 saturated heterocycles. The predicted molar refractivity (Wildman–Crippen MR) is 100 cm³/mol. The van der Waals surface area contributed by atoms with Crippen LogP contribution in [0.3, 0.4) is 0 Å². The van der Waals surface area contributed by atoms with E-state index in [4.69, 9.17) is 19.1 Å². The highest BCUT2D eigenvalue weighted by Crippen LogP contribution is 2.28. The molecule has 25 heavy (non-hydrogen) atoms. The van der Waals surface area contributed by atoms with Crippen LogP contribution in [0.4, 0.5) is 11.8 Å². The zero-order valence-electron chi connectivity index (χ0n) is 14.3. The van der Waals surface area contributed by atoms with E-state index in [1.807, 2.05) is 26.1 Å². The molecular weight excluding hydrogens is 386 g/mol. The standard InChI is InChI=1S/C17H20BrN5O2/c1-11-9-13-15(19-11)20-17(23-5-7-24-8-6-23)21-16(13)22(2)10-12-3-4-14(18)25-12/h3-4,9H,5-8,10H2,1-2H3,(H,19,20,21). The Kier molecular flexibility index (Phi) is 4.39.